The van der Waals surface area contributed by atoms with Crippen molar-refractivity contribution >= 4 is 5.97 Å². The number of aryl methyl sites for hydroxylation is 1. The molecular weight excluding hydrogens is 204 g/mol. The minimum atomic E-state index is -0.947. The summed E-state index contributed by atoms with van der Waals surface area (Å²) in [6, 6.07) is 7.42. The van der Waals surface area contributed by atoms with Gasteiger partial charge in [-0.2, -0.15) is 0 Å². The maximum atomic E-state index is 10.5. The van der Waals surface area contributed by atoms with Gasteiger partial charge in [0, 0.05) is 6.54 Å². The van der Waals surface area contributed by atoms with Crippen LogP contribution in [-0.2, 0) is 11.3 Å². The fourth-order valence-electron chi connectivity index (χ4n) is 1.44. The number of carboxylic acid groups (broad SMARTS) is 1. The molecule has 0 aliphatic heterocycles. The fourth-order valence-corrected chi connectivity index (χ4v) is 1.44. The number of nitrogens with two attached hydrogens (primary N) is 1. The van der Waals surface area contributed by atoms with Crippen molar-refractivity contribution in [3.8, 4) is 0 Å². The van der Waals surface area contributed by atoms with Crippen LogP contribution in [-0.4, -0.2) is 23.7 Å². The number of hydrogen-bond donors (Lipinski definition) is 3. The summed E-state index contributed by atoms with van der Waals surface area (Å²) >= 11 is 0. The average Bonchev–Trinajstić information content (AvgIpc) is 2.24. The third-order valence-corrected chi connectivity index (χ3v) is 2.36. The van der Waals surface area contributed by atoms with Crippen molar-refractivity contribution < 1.29 is 9.90 Å². The first-order valence-corrected chi connectivity index (χ1v) is 5.34. The molecule has 1 unspecified atom stereocenters. The van der Waals surface area contributed by atoms with Crippen molar-refractivity contribution in [2.45, 2.75) is 25.9 Å². The van der Waals surface area contributed by atoms with Gasteiger partial charge in [0.1, 0.15) is 6.04 Å². The van der Waals surface area contributed by atoms with Gasteiger partial charge in [-0.3, -0.25) is 4.79 Å². The molecule has 16 heavy (non-hydrogen) atoms. The topological polar surface area (TPSA) is 75.3 Å². The van der Waals surface area contributed by atoms with Crippen LogP contribution in [0.3, 0.4) is 0 Å². The van der Waals surface area contributed by atoms with Gasteiger partial charge in [0.15, 0.2) is 0 Å². The Labute approximate surface area is 95.5 Å². The number of benzene rings is 1. The molecule has 0 saturated heterocycles. The fraction of sp³-hybridized carbons (Fsp3) is 0.417. The van der Waals surface area contributed by atoms with Crippen molar-refractivity contribution in [3.05, 3.63) is 35.4 Å². The largest absolute Gasteiger partial charge is 0.480 e. The minimum absolute atomic E-state index is 0.446. The first kappa shape index (κ1) is 12.7. The molecule has 0 aromatic heterocycles. The molecule has 0 aliphatic carbocycles. The molecule has 1 atom stereocenters. The Morgan fingerprint density at radius 1 is 1.56 bits per heavy atom. The summed E-state index contributed by atoms with van der Waals surface area (Å²) in [5.41, 5.74) is 7.80. The van der Waals surface area contributed by atoms with Crippen LogP contribution < -0.4 is 11.1 Å². The second-order valence-electron chi connectivity index (χ2n) is 3.90. The molecule has 0 heterocycles. The molecule has 0 aliphatic rings. The molecule has 0 fully saturated rings. The Hall–Kier alpha value is -1.39. The van der Waals surface area contributed by atoms with Crippen LogP contribution >= 0.6 is 0 Å². The highest BCUT2D eigenvalue weighted by Crippen LogP contribution is 2.03. The molecule has 4 N–H and O–H groups in total. The van der Waals surface area contributed by atoms with Gasteiger partial charge in [-0.15, -0.1) is 0 Å². The number of hydrogen-bond acceptors (Lipinski definition) is 3. The molecule has 0 saturated carbocycles. The van der Waals surface area contributed by atoms with Crippen LogP contribution in [0.15, 0.2) is 24.3 Å². The van der Waals surface area contributed by atoms with Crippen molar-refractivity contribution in [2.75, 3.05) is 6.54 Å². The van der Waals surface area contributed by atoms with Crippen LogP contribution in [0.4, 0.5) is 0 Å². The molecule has 0 radical (unpaired) electrons. The lowest BCUT2D eigenvalue weighted by atomic mass is 10.1. The summed E-state index contributed by atoms with van der Waals surface area (Å²) < 4.78 is 0. The van der Waals surface area contributed by atoms with E-state index in [0.29, 0.717) is 13.0 Å². The lowest BCUT2D eigenvalue weighted by molar-refractivity contribution is -0.138. The van der Waals surface area contributed by atoms with E-state index in [-0.39, 0.29) is 0 Å². The monoisotopic (exact) mass is 222 g/mol. The Balaban J connectivity index is 2.23. The zero-order valence-corrected chi connectivity index (χ0v) is 9.44. The molecule has 4 nitrogen and oxygen atoms in total. The first-order valence-electron chi connectivity index (χ1n) is 5.34. The van der Waals surface area contributed by atoms with Crippen LogP contribution in [0.25, 0.3) is 0 Å². The van der Waals surface area contributed by atoms with Gasteiger partial charge in [-0.25, -0.2) is 0 Å². The van der Waals surface area contributed by atoms with E-state index in [9.17, 15) is 4.79 Å². The van der Waals surface area contributed by atoms with E-state index in [0.717, 1.165) is 6.54 Å². The zero-order valence-electron chi connectivity index (χ0n) is 9.44. The van der Waals surface area contributed by atoms with E-state index >= 15 is 0 Å². The number of rotatable bonds is 6. The summed E-state index contributed by atoms with van der Waals surface area (Å²) in [6.07, 6.45) is 0.446. The standard InChI is InChI=1S/C12H18N2O2/c1-9-3-2-4-10(7-9)8-14-6-5-11(13)12(15)16/h2-4,7,11,14H,5-6,8,13H2,1H3,(H,15,16). The van der Waals surface area contributed by atoms with E-state index in [1.54, 1.807) is 0 Å². The third-order valence-electron chi connectivity index (χ3n) is 2.36. The van der Waals surface area contributed by atoms with E-state index < -0.39 is 12.0 Å². The van der Waals surface area contributed by atoms with Crippen LogP contribution in [0.5, 0.6) is 0 Å². The molecule has 1 aromatic carbocycles. The van der Waals surface area contributed by atoms with Gasteiger partial charge in [0.25, 0.3) is 0 Å². The molecule has 1 rings (SSSR count). The van der Waals surface area contributed by atoms with Crippen molar-refractivity contribution in [3.63, 3.8) is 0 Å². The lowest BCUT2D eigenvalue weighted by Gasteiger charge is -2.08. The Morgan fingerprint density at radius 3 is 2.94 bits per heavy atom. The average molecular weight is 222 g/mol. The molecule has 1 aromatic rings. The molecule has 4 heteroatoms. The summed E-state index contributed by atoms with van der Waals surface area (Å²) in [7, 11) is 0. The van der Waals surface area contributed by atoms with Gasteiger partial charge >= 0.3 is 5.97 Å². The van der Waals surface area contributed by atoms with Crippen molar-refractivity contribution in [1.29, 1.82) is 0 Å². The van der Waals surface area contributed by atoms with E-state index in [1.807, 2.05) is 25.1 Å². The highest BCUT2D eigenvalue weighted by atomic mass is 16.4. The maximum absolute atomic E-state index is 10.5. The smallest absolute Gasteiger partial charge is 0.320 e. The number of carboxylic acids is 1. The van der Waals surface area contributed by atoms with Gasteiger partial charge in [-0.05, 0) is 25.5 Å². The lowest BCUT2D eigenvalue weighted by Crippen LogP contribution is -2.33. The number of aliphatic carboxylic acids is 1. The van der Waals surface area contributed by atoms with E-state index in [2.05, 4.69) is 11.4 Å². The normalized spacial score (nSPS) is 12.4. The van der Waals surface area contributed by atoms with Crippen molar-refractivity contribution in [2.24, 2.45) is 5.73 Å². The number of nitrogens with one attached hydrogen (secondary N) is 1. The van der Waals surface area contributed by atoms with Crippen LogP contribution in [0, 0.1) is 6.92 Å². The van der Waals surface area contributed by atoms with E-state index in [1.165, 1.54) is 11.1 Å². The highest BCUT2D eigenvalue weighted by molar-refractivity contribution is 5.72. The zero-order chi connectivity index (χ0) is 12.0. The SMILES string of the molecule is Cc1cccc(CNCCC(N)C(=O)O)c1. The maximum Gasteiger partial charge on any atom is 0.320 e. The Kier molecular flexibility index (Phi) is 4.95. The summed E-state index contributed by atoms with van der Waals surface area (Å²) in [4.78, 5) is 10.5. The quantitative estimate of drug-likeness (QED) is 0.625. The van der Waals surface area contributed by atoms with Gasteiger partial charge in [0.05, 0.1) is 0 Å². The molecule has 0 bridgehead atoms. The van der Waals surface area contributed by atoms with E-state index in [4.69, 9.17) is 10.8 Å². The summed E-state index contributed by atoms with van der Waals surface area (Å²) in [6.45, 7) is 3.40. The predicted octanol–water partition coefficient (Wildman–Crippen LogP) is 0.887. The molecular formula is C12H18N2O2. The van der Waals surface area contributed by atoms with Gasteiger partial charge in [0.2, 0.25) is 0 Å². The summed E-state index contributed by atoms with van der Waals surface area (Å²) in [5.74, 6) is -0.947. The second-order valence-corrected chi connectivity index (χ2v) is 3.90. The van der Waals surface area contributed by atoms with Crippen LogP contribution in [0.1, 0.15) is 17.5 Å². The predicted molar refractivity (Wildman–Crippen MR) is 63.1 cm³/mol. The van der Waals surface area contributed by atoms with Gasteiger partial charge < -0.3 is 16.2 Å². The highest BCUT2D eigenvalue weighted by Gasteiger charge is 2.09. The summed E-state index contributed by atoms with van der Waals surface area (Å²) in [5, 5.41) is 11.8. The molecule has 0 spiro atoms. The third kappa shape index (κ3) is 4.42. The Morgan fingerprint density at radius 2 is 2.31 bits per heavy atom. The molecule has 88 valence electrons. The Bertz CT molecular complexity index is 353. The second kappa shape index (κ2) is 6.25. The first-order chi connectivity index (χ1) is 7.59. The molecule has 0 amide bonds. The number of carbonyl (C=O) groups is 1. The minimum Gasteiger partial charge on any atom is -0.480 e. The van der Waals surface area contributed by atoms with Crippen LogP contribution in [0.2, 0.25) is 0 Å². The van der Waals surface area contributed by atoms with Crippen molar-refractivity contribution in [1.82, 2.24) is 5.32 Å². The van der Waals surface area contributed by atoms with Gasteiger partial charge in [-0.1, -0.05) is 29.8 Å².